The summed E-state index contributed by atoms with van der Waals surface area (Å²) in [6.07, 6.45) is 3.24. The van der Waals surface area contributed by atoms with Gasteiger partial charge in [-0.2, -0.15) is 0 Å². The van der Waals surface area contributed by atoms with Crippen LogP contribution in [0, 0.1) is 5.82 Å². The zero-order valence-electron chi connectivity index (χ0n) is 11.2. The zero-order chi connectivity index (χ0) is 15.6. The number of hydrogen-bond acceptors (Lipinski definition) is 4. The number of aromatic nitrogens is 2. The minimum absolute atomic E-state index is 0.0320. The lowest BCUT2D eigenvalue weighted by Crippen LogP contribution is -2.26. The normalized spacial score (nSPS) is 11.8. The van der Waals surface area contributed by atoms with Crippen LogP contribution in [0.25, 0.3) is 0 Å². The molecule has 1 heterocycles. The van der Waals surface area contributed by atoms with Crippen LogP contribution in [0.5, 0.6) is 0 Å². The van der Waals surface area contributed by atoms with Gasteiger partial charge >= 0.3 is 0 Å². The molecule has 0 amide bonds. The van der Waals surface area contributed by atoms with E-state index >= 15 is 0 Å². The van der Waals surface area contributed by atoms with Gasteiger partial charge in [0.15, 0.2) is 0 Å². The quantitative estimate of drug-likeness (QED) is 0.821. The van der Waals surface area contributed by atoms with Crippen molar-refractivity contribution in [3.63, 3.8) is 0 Å². The fraction of sp³-hybridized carbons (Fsp3) is 0.250. The summed E-state index contributed by atoms with van der Waals surface area (Å²) in [6.45, 7) is -0.122. The summed E-state index contributed by atoms with van der Waals surface area (Å²) < 4.78 is 43.1. The third kappa shape index (κ3) is 3.49. The van der Waals surface area contributed by atoms with Crippen LogP contribution in [-0.2, 0) is 30.2 Å². The van der Waals surface area contributed by atoms with Crippen LogP contribution >= 0.6 is 15.9 Å². The van der Waals surface area contributed by atoms with Crippen molar-refractivity contribution < 1.29 is 12.8 Å². The molecule has 0 radical (unpaired) electrons. The van der Waals surface area contributed by atoms with Gasteiger partial charge < -0.3 is 10.3 Å². The average Bonchev–Trinajstić information content (AvgIpc) is 2.84. The summed E-state index contributed by atoms with van der Waals surface area (Å²) >= 11 is 3.15. The highest BCUT2D eigenvalue weighted by Crippen LogP contribution is 2.24. The first kappa shape index (κ1) is 16.1. The first-order valence-electron chi connectivity index (χ1n) is 5.99. The predicted molar refractivity (Wildman–Crippen MR) is 79.2 cm³/mol. The molecule has 0 bridgehead atoms. The minimum atomic E-state index is -4.00. The SMILES string of the molecule is Cn1ccnc1CNS(=O)(=O)c1cc(Br)cc(CN)c1F. The van der Waals surface area contributed by atoms with E-state index in [1.807, 2.05) is 0 Å². The molecule has 21 heavy (non-hydrogen) atoms. The largest absolute Gasteiger partial charge is 0.337 e. The Morgan fingerprint density at radius 1 is 1.48 bits per heavy atom. The minimum Gasteiger partial charge on any atom is -0.337 e. The Morgan fingerprint density at radius 2 is 2.19 bits per heavy atom. The van der Waals surface area contributed by atoms with Gasteiger partial charge in [0.05, 0.1) is 6.54 Å². The molecule has 0 aliphatic carbocycles. The summed E-state index contributed by atoms with van der Waals surface area (Å²) in [5, 5.41) is 0. The number of nitrogens with one attached hydrogen (secondary N) is 1. The second-order valence-electron chi connectivity index (χ2n) is 4.36. The van der Waals surface area contributed by atoms with Crippen molar-refractivity contribution in [3.05, 3.63) is 46.2 Å². The van der Waals surface area contributed by atoms with Crippen molar-refractivity contribution in [1.82, 2.24) is 14.3 Å². The van der Waals surface area contributed by atoms with Crippen LogP contribution in [-0.4, -0.2) is 18.0 Å². The summed E-state index contributed by atoms with van der Waals surface area (Å²) in [7, 11) is -2.26. The van der Waals surface area contributed by atoms with Crippen molar-refractivity contribution in [3.8, 4) is 0 Å². The van der Waals surface area contributed by atoms with Crippen molar-refractivity contribution in [2.75, 3.05) is 0 Å². The van der Waals surface area contributed by atoms with Crippen molar-refractivity contribution in [2.24, 2.45) is 12.8 Å². The van der Waals surface area contributed by atoms with Crippen molar-refractivity contribution in [2.45, 2.75) is 18.0 Å². The Kier molecular flexibility index (Phi) is 4.77. The van der Waals surface area contributed by atoms with E-state index in [2.05, 4.69) is 25.6 Å². The van der Waals surface area contributed by atoms with E-state index in [4.69, 9.17) is 5.73 Å². The monoisotopic (exact) mass is 376 g/mol. The van der Waals surface area contributed by atoms with E-state index < -0.39 is 20.7 Å². The fourth-order valence-corrected chi connectivity index (χ4v) is 3.55. The number of rotatable bonds is 5. The smallest absolute Gasteiger partial charge is 0.243 e. The summed E-state index contributed by atoms with van der Waals surface area (Å²) in [4.78, 5) is 3.56. The Hall–Kier alpha value is -1.29. The number of sulfonamides is 1. The lowest BCUT2D eigenvalue weighted by Gasteiger charge is -2.10. The standard InChI is InChI=1S/C12H14BrFN4O2S/c1-18-3-2-16-11(18)7-17-21(19,20)10-5-9(13)4-8(6-15)12(10)14/h2-5,17H,6-7,15H2,1H3. The molecule has 2 rings (SSSR count). The third-order valence-corrected chi connectivity index (χ3v) is 4.79. The number of aryl methyl sites for hydroxylation is 1. The highest BCUT2D eigenvalue weighted by molar-refractivity contribution is 9.10. The number of hydrogen-bond donors (Lipinski definition) is 2. The van der Waals surface area contributed by atoms with Crippen LogP contribution in [0.3, 0.4) is 0 Å². The molecule has 0 aliphatic heterocycles. The Balaban J connectivity index is 2.32. The molecule has 3 N–H and O–H groups in total. The summed E-state index contributed by atoms with van der Waals surface area (Å²) in [5.74, 6) is -0.318. The highest BCUT2D eigenvalue weighted by Gasteiger charge is 2.22. The average molecular weight is 377 g/mol. The first-order chi connectivity index (χ1) is 9.85. The molecule has 0 saturated carbocycles. The molecule has 0 aliphatic rings. The summed E-state index contributed by atoms with van der Waals surface area (Å²) in [5.41, 5.74) is 5.54. The third-order valence-electron chi connectivity index (χ3n) is 2.93. The number of nitrogens with two attached hydrogens (primary N) is 1. The lowest BCUT2D eigenvalue weighted by molar-refractivity contribution is 0.547. The van der Waals surface area contributed by atoms with E-state index in [0.29, 0.717) is 10.3 Å². The molecule has 1 aromatic carbocycles. The number of imidazole rings is 1. The van der Waals surface area contributed by atoms with E-state index in [1.54, 1.807) is 24.0 Å². The Bertz CT molecular complexity index is 761. The molecule has 114 valence electrons. The van der Waals surface area contributed by atoms with Gasteiger partial charge in [0.25, 0.3) is 0 Å². The Morgan fingerprint density at radius 3 is 2.76 bits per heavy atom. The maximum absolute atomic E-state index is 14.2. The predicted octanol–water partition coefficient (Wildman–Crippen LogP) is 1.26. The maximum atomic E-state index is 14.2. The van der Waals surface area contributed by atoms with Gasteiger partial charge in [-0.05, 0) is 12.1 Å². The molecule has 0 spiro atoms. The van der Waals surface area contributed by atoms with Gasteiger partial charge in [-0.15, -0.1) is 0 Å². The fourth-order valence-electron chi connectivity index (χ4n) is 1.77. The van der Waals surface area contributed by atoms with Gasteiger partial charge in [0.1, 0.15) is 16.5 Å². The maximum Gasteiger partial charge on any atom is 0.243 e. The van der Waals surface area contributed by atoms with Crippen LogP contribution in [0.4, 0.5) is 4.39 Å². The molecular weight excluding hydrogens is 363 g/mol. The topological polar surface area (TPSA) is 90.0 Å². The zero-order valence-corrected chi connectivity index (χ0v) is 13.6. The summed E-state index contributed by atoms with van der Waals surface area (Å²) in [6, 6.07) is 2.66. The Labute approximate surface area is 130 Å². The van der Waals surface area contributed by atoms with Crippen LogP contribution < -0.4 is 10.5 Å². The molecular formula is C12H14BrFN4O2S. The molecule has 0 unspecified atom stereocenters. The van der Waals surface area contributed by atoms with E-state index in [1.165, 1.54) is 12.1 Å². The highest BCUT2D eigenvalue weighted by atomic mass is 79.9. The molecule has 1 aromatic heterocycles. The molecule has 0 atom stereocenters. The van der Waals surface area contributed by atoms with Gasteiger partial charge in [0, 0.05) is 36.0 Å². The second-order valence-corrected chi connectivity index (χ2v) is 7.01. The lowest BCUT2D eigenvalue weighted by atomic mass is 10.2. The molecule has 6 nitrogen and oxygen atoms in total. The molecule has 0 saturated heterocycles. The van der Waals surface area contributed by atoms with Gasteiger partial charge in [0.2, 0.25) is 10.0 Å². The first-order valence-corrected chi connectivity index (χ1v) is 8.26. The van der Waals surface area contributed by atoms with Gasteiger partial charge in [-0.25, -0.2) is 22.5 Å². The van der Waals surface area contributed by atoms with Crippen LogP contribution in [0.1, 0.15) is 11.4 Å². The van der Waals surface area contributed by atoms with E-state index in [-0.39, 0.29) is 18.7 Å². The molecule has 0 fully saturated rings. The number of benzene rings is 1. The van der Waals surface area contributed by atoms with E-state index in [0.717, 1.165) is 0 Å². The van der Waals surface area contributed by atoms with E-state index in [9.17, 15) is 12.8 Å². The van der Waals surface area contributed by atoms with Gasteiger partial charge in [-0.3, -0.25) is 0 Å². The molecule has 2 aromatic rings. The van der Waals surface area contributed by atoms with Crippen LogP contribution in [0.2, 0.25) is 0 Å². The van der Waals surface area contributed by atoms with Gasteiger partial charge in [-0.1, -0.05) is 15.9 Å². The molecule has 9 heteroatoms. The van der Waals surface area contributed by atoms with Crippen molar-refractivity contribution >= 4 is 26.0 Å². The number of nitrogens with zero attached hydrogens (tertiary/aromatic N) is 2. The second kappa shape index (κ2) is 6.22. The van der Waals surface area contributed by atoms with Crippen molar-refractivity contribution in [1.29, 1.82) is 0 Å². The number of halogens is 2. The van der Waals surface area contributed by atoms with Crippen LogP contribution in [0.15, 0.2) is 33.9 Å².